The highest BCUT2D eigenvalue weighted by Gasteiger charge is 2.34. The first-order chi connectivity index (χ1) is 11.9. The summed E-state index contributed by atoms with van der Waals surface area (Å²) >= 11 is 0. The number of carbonyl (C=O) groups excluding carboxylic acids is 3. The minimum atomic E-state index is -0.155. The van der Waals surface area contributed by atoms with Gasteiger partial charge in [-0.05, 0) is 51.5 Å². The number of carbonyl (C=O) groups is 3. The van der Waals surface area contributed by atoms with E-state index in [9.17, 15) is 14.4 Å². The fourth-order valence-electron chi connectivity index (χ4n) is 4.23. The van der Waals surface area contributed by atoms with Gasteiger partial charge in [-0.25, -0.2) is 0 Å². The van der Waals surface area contributed by atoms with E-state index in [4.69, 9.17) is 0 Å². The third kappa shape index (κ3) is 3.48. The highest BCUT2D eigenvalue weighted by Crippen LogP contribution is 2.29. The van der Waals surface area contributed by atoms with Crippen molar-refractivity contribution in [2.45, 2.75) is 58.9 Å². The van der Waals surface area contributed by atoms with E-state index in [2.05, 4.69) is 10.3 Å². The molecule has 2 amide bonds. The number of aromatic nitrogens is 1. The molecule has 3 rings (SSSR count). The summed E-state index contributed by atoms with van der Waals surface area (Å²) in [7, 11) is 0. The van der Waals surface area contributed by atoms with Crippen molar-refractivity contribution < 1.29 is 14.4 Å². The molecule has 25 heavy (non-hydrogen) atoms. The second-order valence-electron chi connectivity index (χ2n) is 7.39. The van der Waals surface area contributed by atoms with Crippen LogP contribution in [0.3, 0.4) is 0 Å². The van der Waals surface area contributed by atoms with Gasteiger partial charge in [0.15, 0.2) is 5.78 Å². The van der Waals surface area contributed by atoms with E-state index < -0.39 is 0 Å². The van der Waals surface area contributed by atoms with Crippen LogP contribution in [-0.4, -0.2) is 46.6 Å². The average Bonchev–Trinajstić information content (AvgIpc) is 3.27. The molecule has 1 aliphatic carbocycles. The first kappa shape index (κ1) is 17.7. The molecule has 1 aromatic heterocycles. The van der Waals surface area contributed by atoms with Gasteiger partial charge in [0.25, 0.3) is 5.91 Å². The number of hydrogen-bond acceptors (Lipinski definition) is 3. The number of nitrogens with zero attached hydrogens (tertiary/aromatic N) is 1. The number of rotatable bonds is 4. The van der Waals surface area contributed by atoms with Gasteiger partial charge >= 0.3 is 0 Å². The Morgan fingerprint density at radius 2 is 1.80 bits per heavy atom. The van der Waals surface area contributed by atoms with Crippen LogP contribution >= 0.6 is 0 Å². The van der Waals surface area contributed by atoms with Crippen LogP contribution in [0, 0.1) is 19.8 Å². The topological polar surface area (TPSA) is 82.3 Å². The van der Waals surface area contributed by atoms with Crippen LogP contribution < -0.4 is 5.32 Å². The van der Waals surface area contributed by atoms with E-state index in [0.717, 1.165) is 38.8 Å². The molecule has 2 aliphatic rings. The fraction of sp³-hybridized carbons (Fsp3) is 0.632. The summed E-state index contributed by atoms with van der Waals surface area (Å²) in [5.41, 5.74) is 2.46. The first-order valence-corrected chi connectivity index (χ1v) is 9.18. The number of ketones is 1. The van der Waals surface area contributed by atoms with Crippen molar-refractivity contribution in [3.8, 4) is 0 Å². The average molecular weight is 345 g/mol. The number of Topliss-reactive ketones (excluding diaryl/α,β-unsaturated/α-hetero) is 1. The largest absolute Gasteiger partial charge is 0.355 e. The second-order valence-corrected chi connectivity index (χ2v) is 7.39. The molecule has 2 fully saturated rings. The Labute approximate surface area is 148 Å². The third-order valence-corrected chi connectivity index (χ3v) is 5.55. The van der Waals surface area contributed by atoms with E-state index in [0.29, 0.717) is 28.9 Å². The number of nitrogens with one attached hydrogen (secondary N) is 2. The molecule has 2 heterocycles. The highest BCUT2D eigenvalue weighted by atomic mass is 16.2. The lowest BCUT2D eigenvalue weighted by Gasteiger charge is -2.20. The Hall–Kier alpha value is -2.11. The molecule has 0 bridgehead atoms. The number of aryl methyl sites for hydroxylation is 1. The summed E-state index contributed by atoms with van der Waals surface area (Å²) in [5, 5.41) is 3.06. The van der Waals surface area contributed by atoms with Gasteiger partial charge in [0.05, 0.1) is 11.3 Å². The van der Waals surface area contributed by atoms with Gasteiger partial charge in [-0.3, -0.25) is 14.4 Å². The van der Waals surface area contributed by atoms with Crippen molar-refractivity contribution in [1.29, 1.82) is 0 Å². The molecule has 2 N–H and O–H groups in total. The van der Waals surface area contributed by atoms with Crippen molar-refractivity contribution >= 4 is 17.6 Å². The third-order valence-electron chi connectivity index (χ3n) is 5.55. The van der Waals surface area contributed by atoms with E-state index in [-0.39, 0.29) is 29.6 Å². The van der Waals surface area contributed by atoms with Crippen LogP contribution in [0.25, 0.3) is 0 Å². The lowest BCUT2D eigenvalue weighted by atomic mass is 10.1. The highest BCUT2D eigenvalue weighted by molar-refractivity contribution is 6.02. The van der Waals surface area contributed by atoms with Gasteiger partial charge < -0.3 is 15.2 Å². The number of aromatic amines is 1. The molecule has 1 saturated carbocycles. The van der Waals surface area contributed by atoms with Crippen molar-refractivity contribution in [3.63, 3.8) is 0 Å². The van der Waals surface area contributed by atoms with Gasteiger partial charge in [0.1, 0.15) is 0 Å². The monoisotopic (exact) mass is 345 g/mol. The maximum atomic E-state index is 12.7. The molecule has 0 unspecified atom stereocenters. The zero-order valence-corrected chi connectivity index (χ0v) is 15.3. The fourth-order valence-corrected chi connectivity index (χ4v) is 4.23. The van der Waals surface area contributed by atoms with Crippen LogP contribution in [-0.2, 0) is 4.79 Å². The molecule has 136 valence electrons. The number of amides is 2. The maximum Gasteiger partial charge on any atom is 0.253 e. The van der Waals surface area contributed by atoms with E-state index >= 15 is 0 Å². The van der Waals surface area contributed by atoms with Crippen LogP contribution in [0.2, 0.25) is 0 Å². The molecule has 0 radical (unpaired) electrons. The molecular weight excluding hydrogens is 318 g/mol. The summed E-state index contributed by atoms with van der Waals surface area (Å²) in [5.74, 6) is 0.0570. The van der Waals surface area contributed by atoms with Crippen LogP contribution in [0.15, 0.2) is 0 Å². The normalized spacial score (nSPS) is 23.1. The summed E-state index contributed by atoms with van der Waals surface area (Å²) in [4.78, 5) is 41.8. The molecule has 1 saturated heterocycles. The second kappa shape index (κ2) is 7.02. The van der Waals surface area contributed by atoms with Crippen molar-refractivity contribution in [2.75, 3.05) is 13.1 Å². The Kier molecular flexibility index (Phi) is 4.97. The van der Waals surface area contributed by atoms with E-state index in [1.807, 2.05) is 11.8 Å². The van der Waals surface area contributed by atoms with Crippen molar-refractivity contribution in [1.82, 2.24) is 15.2 Å². The van der Waals surface area contributed by atoms with Gasteiger partial charge in [-0.15, -0.1) is 0 Å². The minimum absolute atomic E-state index is 0.0264. The van der Waals surface area contributed by atoms with Crippen molar-refractivity contribution in [3.05, 3.63) is 22.5 Å². The van der Waals surface area contributed by atoms with Crippen LogP contribution in [0.1, 0.15) is 71.1 Å². The van der Waals surface area contributed by atoms with Gasteiger partial charge in [-0.2, -0.15) is 0 Å². The summed E-state index contributed by atoms with van der Waals surface area (Å²) < 4.78 is 0. The van der Waals surface area contributed by atoms with Gasteiger partial charge in [0, 0.05) is 37.7 Å². The summed E-state index contributed by atoms with van der Waals surface area (Å²) in [6.07, 6.45) is 4.58. The predicted octanol–water partition coefficient (Wildman–Crippen LogP) is 2.36. The molecular formula is C19H27N3O3. The van der Waals surface area contributed by atoms with Gasteiger partial charge in [-0.1, -0.05) is 0 Å². The van der Waals surface area contributed by atoms with Crippen LogP contribution in [0.4, 0.5) is 0 Å². The van der Waals surface area contributed by atoms with Gasteiger partial charge in [0.2, 0.25) is 5.91 Å². The quantitative estimate of drug-likeness (QED) is 0.822. The zero-order chi connectivity index (χ0) is 18.1. The number of H-pyrrole nitrogens is 1. The molecule has 1 aliphatic heterocycles. The van der Waals surface area contributed by atoms with E-state index in [1.165, 1.54) is 6.92 Å². The molecule has 0 spiro atoms. The molecule has 6 nitrogen and oxygen atoms in total. The Balaban J connectivity index is 1.63. The Morgan fingerprint density at radius 3 is 2.40 bits per heavy atom. The zero-order valence-electron chi connectivity index (χ0n) is 15.3. The molecule has 6 heteroatoms. The Bertz CT molecular complexity index is 701. The lowest BCUT2D eigenvalue weighted by Crippen LogP contribution is -2.36. The lowest BCUT2D eigenvalue weighted by molar-refractivity contribution is -0.134. The summed E-state index contributed by atoms with van der Waals surface area (Å²) in [6, 6.07) is 0.0264. The smallest absolute Gasteiger partial charge is 0.253 e. The molecule has 1 aromatic rings. The van der Waals surface area contributed by atoms with Crippen LogP contribution in [0.5, 0.6) is 0 Å². The Morgan fingerprint density at radius 1 is 1.12 bits per heavy atom. The molecule has 0 aromatic carbocycles. The van der Waals surface area contributed by atoms with E-state index in [1.54, 1.807) is 6.92 Å². The molecule has 2 atom stereocenters. The minimum Gasteiger partial charge on any atom is -0.355 e. The standard InChI is InChI=1S/C19H27N3O3/c1-11-16(12(2)20-17(11)13(3)23)18(24)21-15-7-6-14(10-15)19(25)22-8-4-5-9-22/h14-15,20H,4-10H2,1-3H3,(H,21,24)/t14-,15+/m0/s1. The summed E-state index contributed by atoms with van der Waals surface area (Å²) in [6.45, 7) is 6.85. The number of hydrogen-bond donors (Lipinski definition) is 2. The predicted molar refractivity (Wildman–Crippen MR) is 94.7 cm³/mol. The van der Waals surface area contributed by atoms with Crippen molar-refractivity contribution in [2.24, 2.45) is 5.92 Å². The number of likely N-dealkylation sites (tertiary alicyclic amines) is 1. The SMILES string of the molecule is CC(=O)c1[nH]c(C)c(C(=O)N[C@@H]2CC[C@H](C(=O)N3CCCC3)C2)c1C. The maximum absolute atomic E-state index is 12.7. The first-order valence-electron chi connectivity index (χ1n) is 9.18.